The molecule has 0 radical (unpaired) electrons. The topological polar surface area (TPSA) is 71.5 Å². The van der Waals surface area contributed by atoms with Crippen LogP contribution in [0.3, 0.4) is 0 Å². The first kappa shape index (κ1) is 13.3. The largest absolute Gasteiger partial charge is 0.238 e. The Morgan fingerprint density at radius 3 is 1.69 bits per heavy atom. The average Bonchev–Trinajstić information content (AvgIpc) is 2.09. The zero-order valence-corrected chi connectivity index (χ0v) is 10.6. The van der Waals surface area contributed by atoms with Crippen LogP contribution in [-0.4, -0.2) is 16.8 Å². The van der Waals surface area contributed by atoms with Crippen molar-refractivity contribution in [1.29, 1.82) is 0 Å². The SMILES string of the molecule is O=[SH](=O)N(c1c(F)cc(Br)cc1F)[SH](=O)=O. The fourth-order valence-electron chi connectivity index (χ4n) is 0.949. The van der Waals surface area contributed by atoms with Gasteiger partial charge in [0.1, 0.15) is 5.69 Å². The maximum atomic E-state index is 13.2. The summed E-state index contributed by atoms with van der Waals surface area (Å²) in [5.41, 5.74) is -1.14. The summed E-state index contributed by atoms with van der Waals surface area (Å²) in [7, 11) is -7.36. The third kappa shape index (κ3) is 2.68. The number of anilines is 1. The minimum absolute atomic E-state index is 0.0217. The molecule has 10 heteroatoms. The van der Waals surface area contributed by atoms with E-state index in [1.807, 2.05) is 0 Å². The van der Waals surface area contributed by atoms with E-state index in [1.54, 1.807) is 0 Å². The van der Waals surface area contributed by atoms with Crippen LogP contribution >= 0.6 is 15.9 Å². The molecule has 0 saturated heterocycles. The molecule has 0 amide bonds. The van der Waals surface area contributed by atoms with Gasteiger partial charge in [0.05, 0.1) is 0 Å². The summed E-state index contributed by atoms with van der Waals surface area (Å²) in [5.74, 6) is -2.60. The average molecular weight is 336 g/mol. The highest BCUT2D eigenvalue weighted by atomic mass is 79.9. The summed E-state index contributed by atoms with van der Waals surface area (Å²) in [6.45, 7) is 0. The first-order chi connectivity index (χ1) is 7.34. The van der Waals surface area contributed by atoms with Crippen molar-refractivity contribution in [3.05, 3.63) is 28.2 Å². The van der Waals surface area contributed by atoms with Gasteiger partial charge in [-0.25, -0.2) is 25.6 Å². The number of nitrogens with zero attached hydrogens (tertiary/aromatic N) is 1. The van der Waals surface area contributed by atoms with Crippen LogP contribution in [0.2, 0.25) is 0 Å². The first-order valence-corrected chi connectivity index (χ1v) is 6.63. The lowest BCUT2D eigenvalue weighted by Gasteiger charge is -2.11. The molecule has 0 aliphatic carbocycles. The molecule has 5 nitrogen and oxygen atoms in total. The fourth-order valence-corrected chi connectivity index (χ4v) is 2.54. The molecule has 1 aromatic carbocycles. The quantitative estimate of drug-likeness (QED) is 0.793. The van der Waals surface area contributed by atoms with Gasteiger partial charge in [0.15, 0.2) is 11.6 Å². The van der Waals surface area contributed by atoms with Crippen LogP contribution in [0.15, 0.2) is 16.6 Å². The fraction of sp³-hybridized carbons (Fsp3) is 0. The maximum Gasteiger partial charge on any atom is 0.238 e. The van der Waals surface area contributed by atoms with Gasteiger partial charge in [0.25, 0.3) is 0 Å². The molecule has 90 valence electrons. The smallest absolute Gasteiger partial charge is 0.209 e. The van der Waals surface area contributed by atoms with Gasteiger partial charge in [-0.2, -0.15) is 3.71 Å². The Morgan fingerprint density at radius 2 is 1.38 bits per heavy atom. The van der Waals surface area contributed by atoms with Crippen LogP contribution in [0.5, 0.6) is 0 Å². The summed E-state index contributed by atoms with van der Waals surface area (Å²) < 4.78 is 68.4. The lowest BCUT2D eigenvalue weighted by Crippen LogP contribution is -2.21. The second-order valence-electron chi connectivity index (χ2n) is 2.48. The van der Waals surface area contributed by atoms with E-state index in [9.17, 15) is 25.6 Å². The highest BCUT2D eigenvalue weighted by Gasteiger charge is 2.21. The molecule has 0 aromatic heterocycles. The molecule has 0 atom stereocenters. The van der Waals surface area contributed by atoms with Crippen LogP contribution in [0.1, 0.15) is 0 Å². The third-order valence-corrected chi connectivity index (χ3v) is 3.84. The van der Waals surface area contributed by atoms with Gasteiger partial charge in [-0.1, -0.05) is 15.9 Å². The maximum absolute atomic E-state index is 13.2. The Hall–Kier alpha value is -0.740. The summed E-state index contributed by atoms with van der Waals surface area (Å²) >= 11 is 2.77. The molecule has 16 heavy (non-hydrogen) atoms. The normalized spacial score (nSPS) is 11.1. The van der Waals surface area contributed by atoms with Crippen molar-refractivity contribution in [3.63, 3.8) is 0 Å². The lowest BCUT2D eigenvalue weighted by atomic mass is 10.3. The predicted octanol–water partition coefficient (Wildman–Crippen LogP) is 0.587. The Balaban J connectivity index is 3.53. The van der Waals surface area contributed by atoms with Crippen molar-refractivity contribution in [2.24, 2.45) is 0 Å². The van der Waals surface area contributed by atoms with Gasteiger partial charge in [-0.3, -0.25) is 0 Å². The van der Waals surface area contributed by atoms with E-state index in [0.29, 0.717) is 0 Å². The molecular weight excluding hydrogens is 332 g/mol. The van der Waals surface area contributed by atoms with Gasteiger partial charge in [0.2, 0.25) is 21.8 Å². The molecule has 0 heterocycles. The van der Waals surface area contributed by atoms with Gasteiger partial charge in [0, 0.05) is 4.47 Å². The zero-order valence-electron chi connectivity index (χ0n) is 7.26. The highest BCUT2D eigenvalue weighted by Crippen LogP contribution is 2.27. The van der Waals surface area contributed by atoms with Crippen molar-refractivity contribution >= 4 is 43.4 Å². The molecule has 0 aliphatic rings. The van der Waals surface area contributed by atoms with Gasteiger partial charge in [-0.15, -0.1) is 0 Å². The highest BCUT2D eigenvalue weighted by molar-refractivity contribution is 9.10. The van der Waals surface area contributed by atoms with E-state index in [1.165, 1.54) is 0 Å². The minimum atomic E-state index is -3.68. The second kappa shape index (κ2) is 5.06. The van der Waals surface area contributed by atoms with E-state index in [4.69, 9.17) is 0 Å². The number of halogens is 3. The number of hydrogen-bond donors (Lipinski definition) is 2. The van der Waals surface area contributed by atoms with E-state index < -0.39 is 39.1 Å². The molecular formula is C6H4BrF2NO4S2. The predicted molar refractivity (Wildman–Crippen MR) is 57.2 cm³/mol. The van der Waals surface area contributed by atoms with Crippen LogP contribution in [-0.2, 0) is 21.8 Å². The molecule has 0 spiro atoms. The third-order valence-electron chi connectivity index (χ3n) is 1.49. The molecule has 0 N–H and O–H groups in total. The molecule has 1 aromatic rings. The lowest BCUT2D eigenvalue weighted by molar-refractivity contribution is 0.575. The Morgan fingerprint density at radius 1 is 1.00 bits per heavy atom. The monoisotopic (exact) mass is 335 g/mol. The van der Waals surface area contributed by atoms with Gasteiger partial charge >= 0.3 is 0 Å². The van der Waals surface area contributed by atoms with Crippen LogP contribution in [0.4, 0.5) is 14.5 Å². The van der Waals surface area contributed by atoms with Crippen LogP contribution < -0.4 is 3.71 Å². The number of thiol groups is 2. The van der Waals surface area contributed by atoms with Crippen molar-refractivity contribution in [2.75, 3.05) is 3.71 Å². The minimum Gasteiger partial charge on any atom is -0.209 e. The first-order valence-electron chi connectivity index (χ1n) is 3.58. The van der Waals surface area contributed by atoms with Crippen LogP contribution in [0.25, 0.3) is 0 Å². The molecule has 0 bridgehead atoms. The molecule has 0 fully saturated rings. The van der Waals surface area contributed by atoms with Crippen molar-refractivity contribution < 1.29 is 25.6 Å². The molecule has 0 aliphatic heterocycles. The summed E-state index contributed by atoms with van der Waals surface area (Å²) in [5, 5.41) is 0. The van der Waals surface area contributed by atoms with E-state index in [0.717, 1.165) is 12.1 Å². The molecule has 0 unspecified atom stereocenters. The molecule has 0 saturated carbocycles. The second-order valence-corrected chi connectivity index (χ2v) is 5.47. The Labute approximate surface area is 101 Å². The summed E-state index contributed by atoms with van der Waals surface area (Å²) in [4.78, 5) is 0. The van der Waals surface area contributed by atoms with Crippen LogP contribution in [0, 0.1) is 11.6 Å². The van der Waals surface area contributed by atoms with Gasteiger partial charge < -0.3 is 0 Å². The zero-order chi connectivity index (χ0) is 12.5. The van der Waals surface area contributed by atoms with Crippen molar-refractivity contribution in [3.8, 4) is 0 Å². The Kier molecular flexibility index (Phi) is 4.21. The van der Waals surface area contributed by atoms with E-state index in [-0.39, 0.29) is 8.18 Å². The number of hydrogen-bond acceptors (Lipinski definition) is 4. The number of rotatable bonds is 3. The standard InChI is InChI=1S/C6H4BrF2NO4S2/c7-3-1-4(8)6(5(9)2-3)10(15(11)12)16(13)14/h1-2,15-16H. The van der Waals surface area contributed by atoms with Crippen molar-refractivity contribution in [2.45, 2.75) is 0 Å². The summed E-state index contributed by atoms with van der Waals surface area (Å²) in [6.07, 6.45) is 0. The van der Waals surface area contributed by atoms with E-state index in [2.05, 4.69) is 15.9 Å². The summed E-state index contributed by atoms with van der Waals surface area (Å²) in [6, 6.07) is 1.51. The van der Waals surface area contributed by atoms with E-state index >= 15 is 0 Å². The number of benzene rings is 1. The van der Waals surface area contributed by atoms with Gasteiger partial charge in [-0.05, 0) is 12.1 Å². The Bertz CT molecular complexity index is 511. The molecule has 1 rings (SSSR count). The van der Waals surface area contributed by atoms with Crippen molar-refractivity contribution in [1.82, 2.24) is 0 Å².